The third kappa shape index (κ3) is 2.43. The van der Waals surface area contributed by atoms with Crippen LogP contribution in [0.5, 0.6) is 0 Å². The molecule has 0 aliphatic rings. The van der Waals surface area contributed by atoms with Gasteiger partial charge >= 0.3 is 5.97 Å². The van der Waals surface area contributed by atoms with E-state index in [9.17, 15) is 9.59 Å². The zero-order chi connectivity index (χ0) is 13.1. The van der Waals surface area contributed by atoms with Gasteiger partial charge in [0.05, 0.1) is 11.8 Å². The summed E-state index contributed by atoms with van der Waals surface area (Å²) in [5.74, 6) is -1.09. The number of carbonyl (C=O) groups excluding carboxylic acids is 1. The molecule has 0 aromatic carbocycles. The van der Waals surface area contributed by atoms with Crippen LogP contribution in [0, 0.1) is 6.92 Å². The highest BCUT2D eigenvalue weighted by molar-refractivity contribution is 7.10. The summed E-state index contributed by atoms with van der Waals surface area (Å²) in [7, 11) is 0. The van der Waals surface area contributed by atoms with Crippen LogP contribution in [0.1, 0.15) is 27.0 Å². The van der Waals surface area contributed by atoms with Crippen molar-refractivity contribution >= 4 is 23.2 Å². The Balaban J connectivity index is 2.18. The Hall–Kier alpha value is -2.08. The van der Waals surface area contributed by atoms with Gasteiger partial charge in [-0.25, -0.2) is 4.79 Å². The molecule has 1 atom stereocenters. The van der Waals surface area contributed by atoms with Crippen molar-refractivity contribution in [2.45, 2.75) is 13.0 Å². The normalized spacial score (nSPS) is 12.1. The quantitative estimate of drug-likeness (QED) is 0.888. The fourth-order valence-corrected chi connectivity index (χ4v) is 2.31. The van der Waals surface area contributed by atoms with E-state index in [0.717, 1.165) is 0 Å². The number of rotatable bonds is 4. The van der Waals surface area contributed by atoms with Gasteiger partial charge in [0.15, 0.2) is 6.04 Å². The van der Waals surface area contributed by atoms with Crippen LogP contribution in [-0.4, -0.2) is 17.0 Å². The number of amides is 1. The van der Waals surface area contributed by atoms with Crippen LogP contribution in [0.2, 0.25) is 0 Å². The topological polar surface area (TPSA) is 79.5 Å². The molecule has 0 spiro atoms. The summed E-state index contributed by atoms with van der Waals surface area (Å²) in [5.41, 5.74) is 0.345. The van der Waals surface area contributed by atoms with Crippen molar-refractivity contribution < 1.29 is 19.1 Å². The van der Waals surface area contributed by atoms with Crippen molar-refractivity contribution in [1.29, 1.82) is 0 Å². The number of aliphatic carboxylic acids is 1. The van der Waals surface area contributed by atoms with Crippen molar-refractivity contribution in [2.24, 2.45) is 0 Å². The molecule has 2 aromatic rings. The van der Waals surface area contributed by atoms with E-state index in [1.165, 1.54) is 23.7 Å². The Kier molecular flexibility index (Phi) is 3.47. The predicted molar refractivity (Wildman–Crippen MR) is 65.6 cm³/mol. The van der Waals surface area contributed by atoms with Crippen molar-refractivity contribution in [3.8, 4) is 0 Å². The van der Waals surface area contributed by atoms with E-state index in [-0.39, 0.29) is 0 Å². The van der Waals surface area contributed by atoms with E-state index >= 15 is 0 Å². The second-order valence-electron chi connectivity index (χ2n) is 3.65. The first kappa shape index (κ1) is 12.4. The van der Waals surface area contributed by atoms with E-state index in [0.29, 0.717) is 16.2 Å². The van der Waals surface area contributed by atoms with Gasteiger partial charge in [-0.3, -0.25) is 4.79 Å². The summed E-state index contributed by atoms with van der Waals surface area (Å²) < 4.78 is 5.01. The lowest BCUT2D eigenvalue weighted by atomic mass is 10.2. The Morgan fingerprint density at radius 2 is 2.22 bits per heavy atom. The molecule has 0 radical (unpaired) electrons. The number of hydrogen-bond donors (Lipinski definition) is 2. The highest BCUT2D eigenvalue weighted by Crippen LogP contribution is 2.20. The molecule has 5 nitrogen and oxygen atoms in total. The van der Waals surface area contributed by atoms with Crippen LogP contribution in [0.25, 0.3) is 0 Å². The number of carbonyl (C=O) groups is 2. The van der Waals surface area contributed by atoms with Crippen LogP contribution >= 0.6 is 11.3 Å². The molecule has 2 heterocycles. The summed E-state index contributed by atoms with van der Waals surface area (Å²) in [6.07, 6.45) is 1.39. The van der Waals surface area contributed by atoms with Gasteiger partial charge in [-0.05, 0) is 24.4 Å². The molecule has 2 aromatic heterocycles. The summed E-state index contributed by atoms with van der Waals surface area (Å²) in [5, 5.41) is 13.4. The van der Waals surface area contributed by atoms with Gasteiger partial charge in [-0.2, -0.15) is 0 Å². The number of hydrogen-bond acceptors (Lipinski definition) is 4. The predicted octanol–water partition coefficient (Wildman–Crippen LogP) is 2.21. The lowest BCUT2D eigenvalue weighted by Crippen LogP contribution is -2.33. The van der Waals surface area contributed by atoms with Crippen molar-refractivity contribution in [3.05, 3.63) is 46.0 Å². The highest BCUT2D eigenvalue weighted by Gasteiger charge is 2.24. The number of furan rings is 1. The first-order valence-electron chi connectivity index (χ1n) is 5.20. The smallest absolute Gasteiger partial charge is 0.331 e. The third-order valence-corrected chi connectivity index (χ3v) is 3.39. The average molecular weight is 265 g/mol. The van der Waals surface area contributed by atoms with Gasteiger partial charge in [-0.1, -0.05) is 6.07 Å². The zero-order valence-corrected chi connectivity index (χ0v) is 10.4. The maximum absolute atomic E-state index is 11.9. The Morgan fingerprint density at radius 1 is 1.44 bits per heavy atom. The lowest BCUT2D eigenvalue weighted by molar-refractivity contribution is -0.139. The van der Waals surface area contributed by atoms with Crippen molar-refractivity contribution in [2.75, 3.05) is 0 Å². The molecule has 6 heteroatoms. The van der Waals surface area contributed by atoms with E-state index in [1.807, 2.05) is 0 Å². The minimum absolute atomic E-state index is 0.345. The Morgan fingerprint density at radius 3 is 2.72 bits per heavy atom. The summed E-state index contributed by atoms with van der Waals surface area (Å²) >= 11 is 1.28. The lowest BCUT2D eigenvalue weighted by Gasteiger charge is -2.12. The molecular weight excluding hydrogens is 254 g/mol. The third-order valence-electron chi connectivity index (χ3n) is 2.45. The van der Waals surface area contributed by atoms with E-state index < -0.39 is 17.9 Å². The second-order valence-corrected chi connectivity index (χ2v) is 4.63. The van der Waals surface area contributed by atoms with Crippen LogP contribution in [0.4, 0.5) is 0 Å². The van der Waals surface area contributed by atoms with E-state index in [1.54, 1.807) is 24.4 Å². The number of carboxylic acids is 1. The fraction of sp³-hybridized carbons (Fsp3) is 0.167. The van der Waals surface area contributed by atoms with Crippen LogP contribution in [0.15, 0.2) is 34.3 Å². The van der Waals surface area contributed by atoms with Crippen LogP contribution in [-0.2, 0) is 4.79 Å². The van der Waals surface area contributed by atoms with Gasteiger partial charge in [0.25, 0.3) is 5.91 Å². The number of carboxylic acid groups (broad SMARTS) is 1. The number of thiophene rings is 1. The molecule has 2 rings (SSSR count). The van der Waals surface area contributed by atoms with Crippen molar-refractivity contribution in [3.63, 3.8) is 0 Å². The second kappa shape index (κ2) is 5.05. The largest absolute Gasteiger partial charge is 0.479 e. The first-order chi connectivity index (χ1) is 8.59. The maximum Gasteiger partial charge on any atom is 0.331 e. The molecule has 0 bridgehead atoms. The molecule has 0 saturated heterocycles. The van der Waals surface area contributed by atoms with Crippen LogP contribution in [0.3, 0.4) is 0 Å². The highest BCUT2D eigenvalue weighted by atomic mass is 32.1. The molecule has 2 N–H and O–H groups in total. The molecule has 0 saturated carbocycles. The van der Waals surface area contributed by atoms with Gasteiger partial charge < -0.3 is 14.8 Å². The number of nitrogens with one attached hydrogen (secondary N) is 1. The minimum atomic E-state index is -1.09. The van der Waals surface area contributed by atoms with E-state index in [4.69, 9.17) is 9.52 Å². The average Bonchev–Trinajstić information content (AvgIpc) is 2.95. The summed E-state index contributed by atoms with van der Waals surface area (Å²) in [6, 6.07) is 3.89. The zero-order valence-electron chi connectivity index (χ0n) is 9.54. The van der Waals surface area contributed by atoms with Crippen molar-refractivity contribution in [1.82, 2.24) is 5.32 Å². The van der Waals surface area contributed by atoms with Crippen LogP contribution < -0.4 is 5.32 Å². The monoisotopic (exact) mass is 265 g/mol. The van der Waals surface area contributed by atoms with Gasteiger partial charge in [0.2, 0.25) is 0 Å². The molecule has 0 fully saturated rings. The van der Waals surface area contributed by atoms with Gasteiger partial charge in [0, 0.05) is 4.88 Å². The molecule has 18 heavy (non-hydrogen) atoms. The Labute approximate surface area is 107 Å². The molecule has 0 aliphatic carbocycles. The standard InChI is InChI=1S/C12H11NO4S/c1-7-8(4-5-17-7)11(14)13-10(12(15)16)9-3-2-6-18-9/h2-6,10H,1H3,(H,13,14)(H,15,16). The first-order valence-corrected chi connectivity index (χ1v) is 6.08. The maximum atomic E-state index is 11.9. The molecule has 0 aliphatic heterocycles. The molecule has 1 unspecified atom stereocenters. The van der Waals surface area contributed by atoms with E-state index in [2.05, 4.69) is 5.32 Å². The molecule has 1 amide bonds. The molecular formula is C12H11NO4S. The summed E-state index contributed by atoms with van der Waals surface area (Å²) in [6.45, 7) is 1.65. The molecule has 94 valence electrons. The Bertz CT molecular complexity index is 558. The van der Waals surface area contributed by atoms with Gasteiger partial charge in [-0.15, -0.1) is 11.3 Å². The minimum Gasteiger partial charge on any atom is -0.479 e. The number of aryl methyl sites for hydroxylation is 1. The fourth-order valence-electron chi connectivity index (χ4n) is 1.54. The van der Waals surface area contributed by atoms with Gasteiger partial charge in [0.1, 0.15) is 5.76 Å². The SMILES string of the molecule is Cc1occc1C(=O)NC(C(=O)O)c1cccs1. The summed E-state index contributed by atoms with van der Waals surface area (Å²) in [4.78, 5) is 23.6.